The van der Waals surface area contributed by atoms with Gasteiger partial charge in [-0.05, 0) is 63.7 Å². The van der Waals surface area contributed by atoms with Crippen LogP contribution in [0.25, 0.3) is 11.1 Å². The predicted molar refractivity (Wildman–Crippen MR) is 168 cm³/mol. The fraction of sp³-hybridized carbons (Fsp3) is 0.0256. The standard InChI is InChI=1S/C39H29N/c1-6-17-29(18-7-1)36-34-27-16-28-35(40(32-23-12-4-13-24-32)33-25-14-5-15-26-33)39(34)38(31-21-10-3-11-22-31)37(36)30-19-8-2-9-20-30/h1-28,36H. The van der Waals surface area contributed by atoms with Crippen molar-refractivity contribution in [3.63, 3.8) is 0 Å². The molecular formula is C39H29N. The Morgan fingerprint density at radius 1 is 0.400 bits per heavy atom. The van der Waals surface area contributed by atoms with E-state index in [4.69, 9.17) is 0 Å². The van der Waals surface area contributed by atoms with Crippen molar-refractivity contribution in [1.82, 2.24) is 0 Å². The Bertz CT molecular complexity index is 1720. The van der Waals surface area contributed by atoms with Gasteiger partial charge in [0.25, 0.3) is 0 Å². The van der Waals surface area contributed by atoms with E-state index in [1.54, 1.807) is 0 Å². The van der Waals surface area contributed by atoms with Crippen molar-refractivity contribution in [3.8, 4) is 0 Å². The molecule has 6 aromatic rings. The highest BCUT2D eigenvalue weighted by molar-refractivity contribution is 6.10. The summed E-state index contributed by atoms with van der Waals surface area (Å²) in [6, 6.07) is 61.0. The number of hydrogen-bond donors (Lipinski definition) is 0. The third-order valence-electron chi connectivity index (χ3n) is 7.74. The zero-order valence-corrected chi connectivity index (χ0v) is 22.2. The van der Waals surface area contributed by atoms with E-state index < -0.39 is 0 Å². The van der Waals surface area contributed by atoms with Crippen LogP contribution in [0.15, 0.2) is 170 Å². The summed E-state index contributed by atoms with van der Waals surface area (Å²) in [6.45, 7) is 0. The highest BCUT2D eigenvalue weighted by atomic mass is 15.1. The lowest BCUT2D eigenvalue weighted by Gasteiger charge is -2.28. The van der Waals surface area contributed by atoms with Crippen LogP contribution in [0.3, 0.4) is 0 Å². The molecular weight excluding hydrogens is 482 g/mol. The maximum absolute atomic E-state index is 2.40. The summed E-state index contributed by atoms with van der Waals surface area (Å²) in [5.74, 6) is 0.113. The van der Waals surface area contributed by atoms with Gasteiger partial charge < -0.3 is 4.90 Å². The number of nitrogens with zero attached hydrogens (tertiary/aromatic N) is 1. The first-order chi connectivity index (χ1) is 19.9. The average molecular weight is 512 g/mol. The molecule has 0 bridgehead atoms. The van der Waals surface area contributed by atoms with Gasteiger partial charge in [0.15, 0.2) is 0 Å². The molecule has 0 amide bonds. The third-order valence-corrected chi connectivity index (χ3v) is 7.74. The molecule has 40 heavy (non-hydrogen) atoms. The van der Waals surface area contributed by atoms with Gasteiger partial charge in [-0.15, -0.1) is 0 Å². The lowest BCUT2D eigenvalue weighted by molar-refractivity contribution is 1.06. The van der Waals surface area contributed by atoms with E-state index in [9.17, 15) is 0 Å². The molecule has 0 aliphatic heterocycles. The zero-order valence-electron chi connectivity index (χ0n) is 22.2. The number of para-hydroxylation sites is 2. The second kappa shape index (κ2) is 10.6. The van der Waals surface area contributed by atoms with E-state index in [1.165, 1.54) is 44.7 Å². The number of allylic oxidation sites excluding steroid dienone is 1. The molecule has 0 spiro atoms. The molecule has 1 unspecified atom stereocenters. The van der Waals surface area contributed by atoms with Crippen LogP contribution in [0.2, 0.25) is 0 Å². The number of fused-ring (bicyclic) bond motifs is 1. The molecule has 0 radical (unpaired) electrons. The normalized spacial score (nSPS) is 14.2. The summed E-state index contributed by atoms with van der Waals surface area (Å²) >= 11 is 0. The van der Waals surface area contributed by atoms with Crippen LogP contribution < -0.4 is 4.90 Å². The Balaban J connectivity index is 1.59. The van der Waals surface area contributed by atoms with E-state index in [0.29, 0.717) is 0 Å². The molecule has 6 aromatic carbocycles. The highest BCUT2D eigenvalue weighted by Gasteiger charge is 2.36. The van der Waals surface area contributed by atoms with E-state index in [0.717, 1.165) is 11.4 Å². The number of rotatable bonds is 6. The van der Waals surface area contributed by atoms with E-state index in [-0.39, 0.29) is 5.92 Å². The number of anilines is 3. The second-order valence-corrected chi connectivity index (χ2v) is 10.1. The maximum Gasteiger partial charge on any atom is 0.0543 e. The van der Waals surface area contributed by atoms with Gasteiger partial charge in [0, 0.05) is 22.9 Å². The largest absolute Gasteiger partial charge is 0.310 e. The first kappa shape index (κ1) is 23.9. The van der Waals surface area contributed by atoms with Crippen molar-refractivity contribution in [1.29, 1.82) is 0 Å². The van der Waals surface area contributed by atoms with Gasteiger partial charge in [-0.25, -0.2) is 0 Å². The van der Waals surface area contributed by atoms with Crippen molar-refractivity contribution in [3.05, 3.63) is 198 Å². The molecule has 0 N–H and O–H groups in total. The van der Waals surface area contributed by atoms with Gasteiger partial charge in [0.05, 0.1) is 5.69 Å². The van der Waals surface area contributed by atoms with Crippen LogP contribution in [0.1, 0.15) is 33.7 Å². The van der Waals surface area contributed by atoms with Crippen molar-refractivity contribution >= 4 is 28.2 Å². The summed E-state index contributed by atoms with van der Waals surface area (Å²) in [7, 11) is 0. The maximum atomic E-state index is 2.40. The van der Waals surface area contributed by atoms with E-state index in [2.05, 4.69) is 175 Å². The molecule has 1 aliphatic carbocycles. The molecule has 1 atom stereocenters. The van der Waals surface area contributed by atoms with Crippen LogP contribution in [0.4, 0.5) is 17.1 Å². The van der Waals surface area contributed by atoms with Gasteiger partial charge in [0.2, 0.25) is 0 Å². The lowest BCUT2D eigenvalue weighted by atomic mass is 9.84. The average Bonchev–Trinajstić information content (AvgIpc) is 3.40. The first-order valence-electron chi connectivity index (χ1n) is 13.8. The SMILES string of the molecule is c1ccc(C2=C(c3ccccc3)C(c3ccccc3)c3cccc(N(c4ccccc4)c4ccccc4)c32)cc1. The topological polar surface area (TPSA) is 3.24 Å². The van der Waals surface area contributed by atoms with Crippen molar-refractivity contribution in [2.75, 3.05) is 4.90 Å². The lowest BCUT2D eigenvalue weighted by Crippen LogP contribution is -2.12. The van der Waals surface area contributed by atoms with Crippen molar-refractivity contribution in [2.24, 2.45) is 0 Å². The molecule has 1 aliphatic rings. The molecule has 7 rings (SSSR count). The Labute approximate surface area is 236 Å². The van der Waals surface area contributed by atoms with Gasteiger partial charge >= 0.3 is 0 Å². The smallest absolute Gasteiger partial charge is 0.0543 e. The molecule has 1 heteroatoms. The molecule has 0 aromatic heterocycles. The molecule has 0 fully saturated rings. The van der Waals surface area contributed by atoms with Crippen LogP contribution in [0, 0.1) is 0 Å². The molecule has 0 saturated carbocycles. The fourth-order valence-corrected chi connectivity index (χ4v) is 6.10. The van der Waals surface area contributed by atoms with E-state index in [1.807, 2.05) is 0 Å². The summed E-state index contributed by atoms with van der Waals surface area (Å²) in [5.41, 5.74) is 12.5. The predicted octanol–water partition coefficient (Wildman–Crippen LogP) is 10.3. The Morgan fingerprint density at radius 3 is 1.43 bits per heavy atom. The van der Waals surface area contributed by atoms with Gasteiger partial charge in [0.1, 0.15) is 0 Å². The van der Waals surface area contributed by atoms with Crippen LogP contribution in [0.5, 0.6) is 0 Å². The highest BCUT2D eigenvalue weighted by Crippen LogP contribution is 2.56. The minimum absolute atomic E-state index is 0.113. The molecule has 1 nitrogen and oxygen atoms in total. The Morgan fingerprint density at radius 2 is 0.875 bits per heavy atom. The third kappa shape index (κ3) is 4.22. The summed E-state index contributed by atoms with van der Waals surface area (Å²) in [6.07, 6.45) is 0. The quantitative estimate of drug-likeness (QED) is 0.215. The first-order valence-corrected chi connectivity index (χ1v) is 13.8. The summed E-state index contributed by atoms with van der Waals surface area (Å²) in [5, 5.41) is 0. The Hall–Kier alpha value is -5.14. The monoisotopic (exact) mass is 511 g/mol. The minimum Gasteiger partial charge on any atom is -0.310 e. The van der Waals surface area contributed by atoms with Crippen molar-refractivity contribution < 1.29 is 0 Å². The zero-order chi connectivity index (χ0) is 26.7. The second-order valence-electron chi connectivity index (χ2n) is 10.1. The summed E-state index contributed by atoms with van der Waals surface area (Å²) < 4.78 is 0. The van der Waals surface area contributed by atoms with Crippen LogP contribution in [-0.4, -0.2) is 0 Å². The van der Waals surface area contributed by atoms with Gasteiger partial charge in [-0.2, -0.15) is 0 Å². The molecule has 0 heterocycles. The Kier molecular flexibility index (Phi) is 6.32. The van der Waals surface area contributed by atoms with Crippen LogP contribution in [-0.2, 0) is 0 Å². The van der Waals surface area contributed by atoms with Crippen LogP contribution >= 0.6 is 0 Å². The number of hydrogen-bond acceptors (Lipinski definition) is 1. The van der Waals surface area contributed by atoms with Gasteiger partial charge in [-0.3, -0.25) is 0 Å². The molecule has 0 saturated heterocycles. The van der Waals surface area contributed by atoms with Crippen molar-refractivity contribution in [2.45, 2.75) is 5.92 Å². The molecule has 190 valence electrons. The van der Waals surface area contributed by atoms with Gasteiger partial charge in [-0.1, -0.05) is 140 Å². The summed E-state index contributed by atoms with van der Waals surface area (Å²) in [4.78, 5) is 2.40. The number of benzene rings is 6. The minimum atomic E-state index is 0.113. The van der Waals surface area contributed by atoms with E-state index >= 15 is 0 Å². The fourth-order valence-electron chi connectivity index (χ4n) is 6.10.